The summed E-state index contributed by atoms with van der Waals surface area (Å²) in [5.74, 6) is 0.0705. The van der Waals surface area contributed by atoms with E-state index in [0.717, 1.165) is 17.6 Å². The molecule has 0 spiro atoms. The van der Waals surface area contributed by atoms with Crippen molar-refractivity contribution < 1.29 is 8.42 Å². The minimum atomic E-state index is -3.25. The van der Waals surface area contributed by atoms with Gasteiger partial charge in [-0.05, 0) is 31.1 Å². The summed E-state index contributed by atoms with van der Waals surface area (Å²) in [7, 11) is -3.25. The van der Waals surface area contributed by atoms with Gasteiger partial charge in [0, 0.05) is 0 Å². The van der Waals surface area contributed by atoms with Crippen molar-refractivity contribution in [3.05, 3.63) is 65.8 Å². The summed E-state index contributed by atoms with van der Waals surface area (Å²) in [4.78, 5) is 0.385. The summed E-state index contributed by atoms with van der Waals surface area (Å²) < 4.78 is 24.5. The average Bonchev–Trinajstić information content (AvgIpc) is 2.56. The summed E-state index contributed by atoms with van der Waals surface area (Å²) in [6.45, 7) is 1.98. The van der Waals surface area contributed by atoms with Gasteiger partial charge in [0.25, 0.3) is 0 Å². The lowest BCUT2D eigenvalue weighted by molar-refractivity contribution is 0.598. The molecule has 0 fully saturated rings. The molecule has 1 aromatic carbocycles. The SMILES string of the molecule is CC1=C(CS(=O)(=O)c2ccccc2)C=CC=CC1. The fourth-order valence-corrected chi connectivity index (χ4v) is 3.35. The van der Waals surface area contributed by atoms with Crippen molar-refractivity contribution in [3.63, 3.8) is 0 Å². The Balaban J connectivity index is 2.29. The van der Waals surface area contributed by atoms with E-state index >= 15 is 0 Å². The minimum Gasteiger partial charge on any atom is -0.223 e. The highest BCUT2D eigenvalue weighted by atomic mass is 32.2. The van der Waals surface area contributed by atoms with E-state index in [0.29, 0.717) is 4.90 Å². The second-order valence-electron chi connectivity index (χ2n) is 4.37. The van der Waals surface area contributed by atoms with Gasteiger partial charge in [-0.25, -0.2) is 8.42 Å². The molecule has 1 aromatic rings. The van der Waals surface area contributed by atoms with Gasteiger partial charge in [-0.1, -0.05) is 48.1 Å². The van der Waals surface area contributed by atoms with Crippen LogP contribution in [-0.2, 0) is 9.84 Å². The smallest absolute Gasteiger partial charge is 0.182 e. The normalized spacial score (nSPS) is 15.8. The van der Waals surface area contributed by atoms with Crippen LogP contribution >= 0.6 is 0 Å². The second kappa shape index (κ2) is 5.36. The van der Waals surface area contributed by atoms with Crippen LogP contribution in [0.5, 0.6) is 0 Å². The maximum Gasteiger partial charge on any atom is 0.182 e. The summed E-state index contributed by atoms with van der Waals surface area (Å²) in [5, 5.41) is 0. The highest BCUT2D eigenvalue weighted by molar-refractivity contribution is 7.91. The number of benzene rings is 1. The molecule has 2 nitrogen and oxygen atoms in total. The van der Waals surface area contributed by atoms with E-state index in [1.54, 1.807) is 24.3 Å². The lowest BCUT2D eigenvalue weighted by Gasteiger charge is -2.08. The first kappa shape index (κ1) is 12.8. The maximum atomic E-state index is 12.3. The molecule has 94 valence electrons. The number of hydrogen-bond acceptors (Lipinski definition) is 2. The molecule has 2 rings (SSSR count). The Morgan fingerprint density at radius 2 is 1.83 bits per heavy atom. The van der Waals surface area contributed by atoms with E-state index in [1.165, 1.54) is 0 Å². The van der Waals surface area contributed by atoms with Gasteiger partial charge in [-0.2, -0.15) is 0 Å². The van der Waals surface area contributed by atoms with Gasteiger partial charge in [0.2, 0.25) is 0 Å². The topological polar surface area (TPSA) is 34.1 Å². The first-order valence-electron chi connectivity index (χ1n) is 5.89. The molecule has 0 aliphatic heterocycles. The number of sulfone groups is 1. The second-order valence-corrected chi connectivity index (χ2v) is 6.36. The zero-order valence-corrected chi connectivity index (χ0v) is 11.2. The zero-order chi connectivity index (χ0) is 13.0. The highest BCUT2D eigenvalue weighted by Crippen LogP contribution is 2.20. The lowest BCUT2D eigenvalue weighted by Crippen LogP contribution is -2.09. The van der Waals surface area contributed by atoms with Crippen molar-refractivity contribution in [1.29, 1.82) is 0 Å². The third-order valence-corrected chi connectivity index (χ3v) is 4.65. The molecular formula is C15H16O2S. The molecule has 1 aliphatic rings. The van der Waals surface area contributed by atoms with Gasteiger partial charge in [0.05, 0.1) is 10.6 Å². The Labute approximate surface area is 108 Å². The van der Waals surface area contributed by atoms with Crippen molar-refractivity contribution in [2.75, 3.05) is 5.75 Å². The van der Waals surface area contributed by atoms with Crippen LogP contribution < -0.4 is 0 Å². The largest absolute Gasteiger partial charge is 0.223 e. The summed E-state index contributed by atoms with van der Waals surface area (Å²) in [6.07, 6.45) is 8.58. The van der Waals surface area contributed by atoms with Gasteiger partial charge in [-0.15, -0.1) is 0 Å². The number of rotatable bonds is 3. The van der Waals surface area contributed by atoms with Crippen molar-refractivity contribution in [3.8, 4) is 0 Å². The van der Waals surface area contributed by atoms with Crippen LogP contribution in [0.1, 0.15) is 13.3 Å². The molecule has 0 saturated heterocycles. The molecule has 0 atom stereocenters. The van der Waals surface area contributed by atoms with Crippen molar-refractivity contribution in [2.24, 2.45) is 0 Å². The van der Waals surface area contributed by atoms with Gasteiger partial charge < -0.3 is 0 Å². The van der Waals surface area contributed by atoms with Crippen LogP contribution in [0, 0.1) is 0 Å². The van der Waals surface area contributed by atoms with Crippen molar-refractivity contribution in [1.82, 2.24) is 0 Å². The Morgan fingerprint density at radius 3 is 2.56 bits per heavy atom. The summed E-state index contributed by atoms with van der Waals surface area (Å²) in [5.41, 5.74) is 2.00. The third kappa shape index (κ3) is 2.99. The van der Waals surface area contributed by atoms with Gasteiger partial charge in [-0.3, -0.25) is 0 Å². The molecular weight excluding hydrogens is 244 g/mol. The van der Waals surface area contributed by atoms with Crippen LogP contribution in [0.2, 0.25) is 0 Å². The Morgan fingerprint density at radius 1 is 1.11 bits per heavy atom. The van der Waals surface area contributed by atoms with E-state index in [9.17, 15) is 8.42 Å². The minimum absolute atomic E-state index is 0.0705. The van der Waals surface area contributed by atoms with Crippen LogP contribution in [0.3, 0.4) is 0 Å². The van der Waals surface area contributed by atoms with E-state index in [4.69, 9.17) is 0 Å². The molecule has 0 amide bonds. The molecule has 0 heterocycles. The van der Waals surface area contributed by atoms with Crippen molar-refractivity contribution in [2.45, 2.75) is 18.2 Å². The Hall–Kier alpha value is -1.61. The molecule has 3 heteroatoms. The predicted molar refractivity (Wildman–Crippen MR) is 74.1 cm³/mol. The highest BCUT2D eigenvalue weighted by Gasteiger charge is 2.16. The number of allylic oxidation sites excluding steroid dienone is 5. The quantitative estimate of drug-likeness (QED) is 0.835. The summed E-state index contributed by atoms with van der Waals surface area (Å²) in [6, 6.07) is 8.60. The lowest BCUT2D eigenvalue weighted by atomic mass is 10.1. The molecule has 0 bridgehead atoms. The first-order valence-corrected chi connectivity index (χ1v) is 7.54. The Bertz CT molecular complexity index is 605. The van der Waals surface area contributed by atoms with Crippen LogP contribution in [0.4, 0.5) is 0 Å². The van der Waals surface area contributed by atoms with E-state index in [1.807, 2.05) is 37.3 Å². The van der Waals surface area contributed by atoms with E-state index in [-0.39, 0.29) is 5.75 Å². The van der Waals surface area contributed by atoms with Gasteiger partial charge >= 0.3 is 0 Å². The van der Waals surface area contributed by atoms with E-state index in [2.05, 4.69) is 0 Å². The van der Waals surface area contributed by atoms with Crippen molar-refractivity contribution >= 4 is 9.84 Å². The molecule has 0 radical (unpaired) electrons. The average molecular weight is 260 g/mol. The van der Waals surface area contributed by atoms with Crippen LogP contribution in [-0.4, -0.2) is 14.2 Å². The molecule has 0 saturated carbocycles. The van der Waals surface area contributed by atoms with E-state index < -0.39 is 9.84 Å². The van der Waals surface area contributed by atoms with Gasteiger partial charge in [0.15, 0.2) is 9.84 Å². The Kier molecular flexibility index (Phi) is 3.82. The monoisotopic (exact) mass is 260 g/mol. The zero-order valence-electron chi connectivity index (χ0n) is 10.3. The fraction of sp³-hybridized carbons (Fsp3) is 0.200. The number of hydrogen-bond donors (Lipinski definition) is 0. The maximum absolute atomic E-state index is 12.3. The fourth-order valence-electron chi connectivity index (χ4n) is 1.86. The molecule has 0 N–H and O–H groups in total. The molecule has 18 heavy (non-hydrogen) atoms. The van der Waals surface area contributed by atoms with Crippen LogP contribution in [0.15, 0.2) is 70.7 Å². The first-order chi connectivity index (χ1) is 8.59. The summed E-state index contributed by atoms with van der Waals surface area (Å²) >= 11 is 0. The molecule has 1 aliphatic carbocycles. The van der Waals surface area contributed by atoms with Crippen LogP contribution in [0.25, 0.3) is 0 Å². The molecule has 0 unspecified atom stereocenters. The standard InChI is InChI=1S/C15H16O2S/c1-13-8-4-2-5-9-14(13)12-18(16,17)15-10-6-3-7-11-15/h2-7,9-11H,8,12H2,1H3. The van der Waals surface area contributed by atoms with Gasteiger partial charge in [0.1, 0.15) is 0 Å². The third-order valence-electron chi connectivity index (χ3n) is 2.96. The predicted octanol–water partition coefficient (Wildman–Crippen LogP) is 3.29. The molecule has 0 aromatic heterocycles.